The molecule has 0 N–H and O–H groups in total. The van der Waals surface area contributed by atoms with Gasteiger partial charge in [-0.3, -0.25) is 0 Å². The molecular weight excluding hydrogens is 424 g/mol. The number of hydrogen-bond donors (Lipinski definition) is 0. The highest BCUT2D eigenvalue weighted by atomic mass is 16.5. The van der Waals surface area contributed by atoms with E-state index in [9.17, 15) is 4.79 Å². The summed E-state index contributed by atoms with van der Waals surface area (Å²) < 4.78 is 17.1. The van der Waals surface area contributed by atoms with E-state index in [-0.39, 0.29) is 5.97 Å². The average molecular weight is 469 g/mol. The predicted octanol–water partition coefficient (Wildman–Crippen LogP) is 8.77. The van der Waals surface area contributed by atoms with Crippen molar-refractivity contribution in [1.29, 1.82) is 0 Å². The molecule has 0 fully saturated rings. The van der Waals surface area contributed by atoms with Crippen LogP contribution in [-0.2, 0) is 0 Å². The molecule has 0 atom stereocenters. The fourth-order valence-electron chi connectivity index (χ4n) is 3.78. The summed E-state index contributed by atoms with van der Waals surface area (Å²) in [5.74, 6) is 1.72. The van der Waals surface area contributed by atoms with Gasteiger partial charge in [0.05, 0.1) is 18.8 Å². The maximum absolute atomic E-state index is 12.4. The van der Waals surface area contributed by atoms with Crippen LogP contribution in [0, 0.1) is 0 Å². The molecule has 2 rings (SSSR count). The normalized spacial score (nSPS) is 10.8. The third-order valence-electron chi connectivity index (χ3n) is 5.91. The van der Waals surface area contributed by atoms with Crippen molar-refractivity contribution in [1.82, 2.24) is 0 Å². The number of benzene rings is 2. The van der Waals surface area contributed by atoms with Gasteiger partial charge >= 0.3 is 5.97 Å². The molecule has 0 radical (unpaired) electrons. The van der Waals surface area contributed by atoms with Gasteiger partial charge < -0.3 is 14.2 Å². The molecule has 0 saturated carbocycles. The molecule has 0 amide bonds. The fraction of sp³-hybridized carbons (Fsp3) is 0.567. The van der Waals surface area contributed by atoms with Crippen LogP contribution in [0.4, 0.5) is 0 Å². The summed E-state index contributed by atoms with van der Waals surface area (Å²) in [5, 5.41) is 0. The van der Waals surface area contributed by atoms with Crippen LogP contribution in [0.1, 0.15) is 108 Å². The quantitative estimate of drug-likeness (QED) is 0.117. The van der Waals surface area contributed by atoms with Crippen LogP contribution >= 0.6 is 0 Å². The number of carbonyl (C=O) groups excluding carboxylic acids is 1. The zero-order chi connectivity index (χ0) is 24.3. The number of esters is 1. The van der Waals surface area contributed by atoms with Crippen LogP contribution in [0.3, 0.4) is 0 Å². The minimum atomic E-state index is -0.376. The van der Waals surface area contributed by atoms with Crippen molar-refractivity contribution < 1.29 is 19.0 Å². The molecule has 0 heterocycles. The monoisotopic (exact) mass is 468 g/mol. The highest BCUT2D eigenvalue weighted by Crippen LogP contribution is 2.20. The maximum atomic E-state index is 12.4. The van der Waals surface area contributed by atoms with Crippen LogP contribution in [0.15, 0.2) is 48.5 Å². The zero-order valence-electron chi connectivity index (χ0n) is 21.4. The van der Waals surface area contributed by atoms with E-state index < -0.39 is 0 Å². The smallest absolute Gasteiger partial charge is 0.343 e. The molecule has 188 valence electrons. The van der Waals surface area contributed by atoms with E-state index in [0.29, 0.717) is 17.9 Å². The van der Waals surface area contributed by atoms with Gasteiger partial charge in [0.15, 0.2) is 0 Å². The second-order valence-corrected chi connectivity index (χ2v) is 8.97. The van der Waals surface area contributed by atoms with Gasteiger partial charge in [-0.05, 0) is 61.4 Å². The first-order valence-corrected chi connectivity index (χ1v) is 13.4. The Morgan fingerprint density at radius 3 is 1.38 bits per heavy atom. The van der Waals surface area contributed by atoms with Crippen molar-refractivity contribution in [3.63, 3.8) is 0 Å². The Hall–Kier alpha value is -2.49. The highest BCUT2D eigenvalue weighted by Gasteiger charge is 2.09. The van der Waals surface area contributed by atoms with Crippen LogP contribution < -0.4 is 14.2 Å². The van der Waals surface area contributed by atoms with Crippen LogP contribution in [0.5, 0.6) is 17.2 Å². The molecule has 34 heavy (non-hydrogen) atoms. The molecule has 0 aromatic heterocycles. The predicted molar refractivity (Wildman–Crippen MR) is 140 cm³/mol. The van der Waals surface area contributed by atoms with Crippen molar-refractivity contribution in [3.05, 3.63) is 54.1 Å². The molecule has 0 spiro atoms. The van der Waals surface area contributed by atoms with Crippen LogP contribution in [-0.4, -0.2) is 19.2 Å². The lowest BCUT2D eigenvalue weighted by molar-refractivity contribution is 0.0734. The largest absolute Gasteiger partial charge is 0.494 e. The van der Waals surface area contributed by atoms with Gasteiger partial charge in [-0.15, -0.1) is 0 Å². The van der Waals surface area contributed by atoms with Gasteiger partial charge in [0.2, 0.25) is 0 Å². The van der Waals surface area contributed by atoms with Crippen molar-refractivity contribution in [2.75, 3.05) is 13.2 Å². The maximum Gasteiger partial charge on any atom is 0.343 e. The Labute approximate surface area is 207 Å². The molecule has 0 bridgehead atoms. The summed E-state index contributed by atoms with van der Waals surface area (Å²) in [6, 6.07) is 14.4. The topological polar surface area (TPSA) is 44.8 Å². The van der Waals surface area contributed by atoms with E-state index in [4.69, 9.17) is 14.2 Å². The van der Waals surface area contributed by atoms with Crippen LogP contribution in [0.2, 0.25) is 0 Å². The van der Waals surface area contributed by atoms with E-state index in [2.05, 4.69) is 13.8 Å². The molecule has 0 aliphatic heterocycles. The van der Waals surface area contributed by atoms with Crippen molar-refractivity contribution in [3.8, 4) is 17.2 Å². The first-order chi connectivity index (χ1) is 16.7. The Morgan fingerprint density at radius 2 is 0.912 bits per heavy atom. The molecule has 2 aromatic carbocycles. The molecule has 0 aliphatic carbocycles. The molecule has 4 nitrogen and oxygen atoms in total. The number of carbonyl (C=O) groups is 1. The summed E-state index contributed by atoms with van der Waals surface area (Å²) in [7, 11) is 0. The van der Waals surface area contributed by atoms with Gasteiger partial charge in [0.25, 0.3) is 0 Å². The molecule has 2 aromatic rings. The van der Waals surface area contributed by atoms with E-state index in [1.807, 2.05) is 24.3 Å². The van der Waals surface area contributed by atoms with Gasteiger partial charge in [-0.2, -0.15) is 0 Å². The summed E-state index contributed by atoms with van der Waals surface area (Å²) in [6.45, 7) is 5.90. The van der Waals surface area contributed by atoms with Crippen molar-refractivity contribution >= 4 is 5.97 Å². The Kier molecular flexibility index (Phi) is 14.6. The number of rotatable bonds is 19. The summed E-state index contributed by atoms with van der Waals surface area (Å²) >= 11 is 0. The summed E-state index contributed by atoms with van der Waals surface area (Å²) in [5.41, 5.74) is 0.506. The van der Waals surface area contributed by atoms with E-state index >= 15 is 0 Å². The lowest BCUT2D eigenvalue weighted by Crippen LogP contribution is -2.08. The Bertz CT molecular complexity index is 767. The lowest BCUT2D eigenvalue weighted by Gasteiger charge is -2.09. The molecular formula is C30H44O4. The summed E-state index contributed by atoms with van der Waals surface area (Å²) in [4.78, 5) is 12.4. The Balaban J connectivity index is 1.63. The Morgan fingerprint density at radius 1 is 0.529 bits per heavy atom. The van der Waals surface area contributed by atoms with E-state index in [0.717, 1.165) is 30.9 Å². The molecule has 0 saturated heterocycles. The lowest BCUT2D eigenvalue weighted by atomic mass is 10.1. The third-order valence-corrected chi connectivity index (χ3v) is 5.91. The van der Waals surface area contributed by atoms with Gasteiger partial charge in [-0.1, -0.05) is 84.5 Å². The first-order valence-electron chi connectivity index (χ1n) is 13.4. The highest BCUT2D eigenvalue weighted by molar-refractivity contribution is 5.91. The van der Waals surface area contributed by atoms with E-state index in [1.165, 1.54) is 70.6 Å². The second-order valence-electron chi connectivity index (χ2n) is 8.97. The number of ether oxygens (including phenoxy) is 3. The standard InChI is InChI=1S/C30H44O4/c1-3-5-7-9-11-13-15-25-33-28-20-22-29(23-21-28)34-30(31)26-16-18-27(19-17-26)32-24-14-12-10-8-6-4-2/h16-23H,3-15,24-25H2,1-2H3. The minimum Gasteiger partial charge on any atom is -0.494 e. The number of unbranched alkanes of at least 4 members (excludes halogenated alkanes) is 11. The van der Waals surface area contributed by atoms with E-state index in [1.54, 1.807) is 24.3 Å². The van der Waals surface area contributed by atoms with Crippen molar-refractivity contribution in [2.45, 2.75) is 97.3 Å². The first kappa shape index (κ1) is 27.8. The van der Waals surface area contributed by atoms with Crippen molar-refractivity contribution in [2.24, 2.45) is 0 Å². The van der Waals surface area contributed by atoms with Gasteiger partial charge in [-0.25, -0.2) is 4.79 Å². The molecule has 4 heteroatoms. The fourth-order valence-corrected chi connectivity index (χ4v) is 3.78. The van der Waals surface area contributed by atoms with Gasteiger partial charge in [0, 0.05) is 0 Å². The number of hydrogen-bond acceptors (Lipinski definition) is 4. The molecule has 0 aliphatic rings. The van der Waals surface area contributed by atoms with Gasteiger partial charge in [0.1, 0.15) is 17.2 Å². The SMILES string of the molecule is CCCCCCCCCOc1ccc(OC(=O)c2ccc(OCCCCCCCC)cc2)cc1. The molecule has 0 unspecified atom stereocenters. The van der Waals surface area contributed by atoms with Crippen LogP contribution in [0.25, 0.3) is 0 Å². The third kappa shape index (κ3) is 12.1. The average Bonchev–Trinajstić information content (AvgIpc) is 2.86. The summed E-state index contributed by atoms with van der Waals surface area (Å²) in [6.07, 6.45) is 16.3. The zero-order valence-corrected chi connectivity index (χ0v) is 21.4. The minimum absolute atomic E-state index is 0.376. The second kappa shape index (κ2) is 17.9.